The summed E-state index contributed by atoms with van der Waals surface area (Å²) in [5, 5.41) is 0. The second-order valence-electron chi connectivity index (χ2n) is 3.34. The van der Waals surface area contributed by atoms with E-state index in [1.807, 2.05) is 30.3 Å². The molecule has 0 radical (unpaired) electrons. The molecule has 3 nitrogen and oxygen atoms in total. The van der Waals surface area contributed by atoms with Gasteiger partial charge in [0.1, 0.15) is 0 Å². The normalized spacial score (nSPS) is 31.0. The fourth-order valence-corrected chi connectivity index (χ4v) is 1.57. The molecule has 68 valence electrons. The minimum Gasteiger partial charge on any atom is -0.446 e. The molecule has 1 aromatic carbocycles. The van der Waals surface area contributed by atoms with Crippen molar-refractivity contribution in [2.45, 2.75) is 18.1 Å². The van der Waals surface area contributed by atoms with Gasteiger partial charge in [0.05, 0.1) is 0 Å². The van der Waals surface area contributed by atoms with E-state index in [-0.39, 0.29) is 5.92 Å². The van der Waals surface area contributed by atoms with Crippen LogP contribution in [-0.4, -0.2) is 12.2 Å². The van der Waals surface area contributed by atoms with Crippen molar-refractivity contribution >= 4 is 6.47 Å². The van der Waals surface area contributed by atoms with Gasteiger partial charge in [-0.3, -0.25) is 10.5 Å². The SMILES string of the molecule is NC1(OC=O)CC1c1ccccc1. The van der Waals surface area contributed by atoms with E-state index in [9.17, 15) is 4.79 Å². The van der Waals surface area contributed by atoms with Crippen LogP contribution in [0.25, 0.3) is 0 Å². The van der Waals surface area contributed by atoms with Crippen LogP contribution in [0.1, 0.15) is 17.9 Å². The summed E-state index contributed by atoms with van der Waals surface area (Å²) in [4.78, 5) is 10.1. The van der Waals surface area contributed by atoms with Crippen LogP contribution in [-0.2, 0) is 9.53 Å². The van der Waals surface area contributed by atoms with Crippen LogP contribution in [0.2, 0.25) is 0 Å². The number of rotatable bonds is 3. The first-order valence-electron chi connectivity index (χ1n) is 4.21. The highest BCUT2D eigenvalue weighted by Gasteiger charge is 2.54. The molecule has 0 aliphatic heterocycles. The Labute approximate surface area is 76.5 Å². The van der Waals surface area contributed by atoms with Gasteiger partial charge >= 0.3 is 0 Å². The van der Waals surface area contributed by atoms with Gasteiger partial charge in [-0.25, -0.2) is 0 Å². The standard InChI is InChI=1S/C10H11NO2/c11-10(13-7-12)6-9(10)8-4-2-1-3-5-8/h1-5,7,9H,6,11H2. The van der Waals surface area contributed by atoms with Crippen LogP contribution in [0.5, 0.6) is 0 Å². The smallest absolute Gasteiger partial charge is 0.294 e. The van der Waals surface area contributed by atoms with Crippen molar-refractivity contribution in [3.63, 3.8) is 0 Å². The monoisotopic (exact) mass is 177 g/mol. The van der Waals surface area contributed by atoms with Gasteiger partial charge in [0, 0.05) is 12.3 Å². The molecule has 0 amide bonds. The Hall–Kier alpha value is -1.35. The highest BCUT2D eigenvalue weighted by atomic mass is 16.6. The molecule has 2 rings (SSSR count). The Balaban J connectivity index is 2.11. The van der Waals surface area contributed by atoms with Crippen LogP contribution in [0.15, 0.2) is 30.3 Å². The number of hydrogen-bond acceptors (Lipinski definition) is 3. The van der Waals surface area contributed by atoms with Crippen LogP contribution in [0, 0.1) is 0 Å². The van der Waals surface area contributed by atoms with Crippen LogP contribution in [0.4, 0.5) is 0 Å². The first kappa shape index (κ1) is 8.26. The van der Waals surface area contributed by atoms with Crippen molar-refractivity contribution in [1.82, 2.24) is 0 Å². The summed E-state index contributed by atoms with van der Waals surface area (Å²) in [6.07, 6.45) is 0.718. The molecule has 0 saturated heterocycles. The van der Waals surface area contributed by atoms with E-state index in [4.69, 9.17) is 10.5 Å². The number of carbonyl (C=O) groups excluding carboxylic acids is 1. The fraction of sp³-hybridized carbons (Fsp3) is 0.300. The van der Waals surface area contributed by atoms with Crippen LogP contribution < -0.4 is 5.73 Å². The number of ether oxygens (including phenoxy) is 1. The number of carbonyl (C=O) groups is 1. The number of nitrogens with two attached hydrogens (primary N) is 1. The lowest BCUT2D eigenvalue weighted by atomic mass is 10.1. The summed E-state index contributed by atoms with van der Waals surface area (Å²) in [5.41, 5.74) is 6.16. The van der Waals surface area contributed by atoms with Gasteiger partial charge in [0.25, 0.3) is 6.47 Å². The van der Waals surface area contributed by atoms with Gasteiger partial charge in [0.2, 0.25) is 0 Å². The third kappa shape index (κ3) is 1.42. The third-order valence-electron chi connectivity index (χ3n) is 2.42. The Bertz CT molecular complexity index is 312. The summed E-state index contributed by atoms with van der Waals surface area (Å²) >= 11 is 0. The maximum absolute atomic E-state index is 10.1. The Morgan fingerprint density at radius 1 is 1.46 bits per heavy atom. The molecule has 2 atom stereocenters. The van der Waals surface area contributed by atoms with E-state index in [1.54, 1.807) is 0 Å². The van der Waals surface area contributed by atoms with E-state index in [0.717, 1.165) is 12.0 Å². The highest BCUT2D eigenvalue weighted by molar-refractivity contribution is 5.42. The summed E-state index contributed by atoms with van der Waals surface area (Å²) in [6.45, 7) is 0.420. The lowest BCUT2D eigenvalue weighted by Gasteiger charge is -2.08. The molecule has 1 aliphatic rings. The quantitative estimate of drug-likeness (QED) is 0.553. The summed E-state index contributed by atoms with van der Waals surface area (Å²) in [7, 11) is 0. The van der Waals surface area contributed by atoms with E-state index in [2.05, 4.69) is 0 Å². The Morgan fingerprint density at radius 3 is 2.77 bits per heavy atom. The predicted octanol–water partition coefficient (Wildman–Crippen LogP) is 1.00. The minimum absolute atomic E-state index is 0.166. The maximum Gasteiger partial charge on any atom is 0.294 e. The van der Waals surface area contributed by atoms with Crippen molar-refractivity contribution in [3.05, 3.63) is 35.9 Å². The van der Waals surface area contributed by atoms with E-state index in [1.165, 1.54) is 0 Å². The van der Waals surface area contributed by atoms with E-state index < -0.39 is 5.72 Å². The molecule has 13 heavy (non-hydrogen) atoms. The van der Waals surface area contributed by atoms with Crippen LogP contribution in [0.3, 0.4) is 0 Å². The second kappa shape index (κ2) is 2.85. The minimum atomic E-state index is -0.747. The summed E-state index contributed by atoms with van der Waals surface area (Å²) in [5.74, 6) is 0.166. The van der Waals surface area contributed by atoms with Gasteiger partial charge < -0.3 is 4.74 Å². The number of benzene rings is 1. The molecule has 1 aromatic rings. The zero-order chi connectivity index (χ0) is 9.31. The molecular weight excluding hydrogens is 166 g/mol. The zero-order valence-electron chi connectivity index (χ0n) is 7.14. The lowest BCUT2D eigenvalue weighted by molar-refractivity contribution is -0.135. The van der Waals surface area contributed by atoms with Crippen molar-refractivity contribution in [3.8, 4) is 0 Å². The molecule has 2 unspecified atom stereocenters. The Morgan fingerprint density at radius 2 is 2.15 bits per heavy atom. The number of hydrogen-bond donors (Lipinski definition) is 1. The van der Waals surface area contributed by atoms with Gasteiger partial charge in [-0.1, -0.05) is 30.3 Å². The average molecular weight is 177 g/mol. The molecule has 0 bridgehead atoms. The van der Waals surface area contributed by atoms with Crippen molar-refractivity contribution in [2.75, 3.05) is 0 Å². The third-order valence-corrected chi connectivity index (χ3v) is 2.42. The predicted molar refractivity (Wildman–Crippen MR) is 47.9 cm³/mol. The first-order chi connectivity index (χ1) is 6.26. The van der Waals surface area contributed by atoms with Crippen molar-refractivity contribution in [2.24, 2.45) is 5.73 Å². The average Bonchev–Trinajstić information content (AvgIpc) is 2.80. The van der Waals surface area contributed by atoms with Crippen LogP contribution >= 0.6 is 0 Å². The van der Waals surface area contributed by atoms with Crippen molar-refractivity contribution in [1.29, 1.82) is 0 Å². The molecule has 2 N–H and O–H groups in total. The summed E-state index contributed by atoms with van der Waals surface area (Å²) < 4.78 is 4.80. The van der Waals surface area contributed by atoms with Gasteiger partial charge in [-0.2, -0.15) is 0 Å². The molecule has 3 heteroatoms. The van der Waals surface area contributed by atoms with Crippen molar-refractivity contribution < 1.29 is 9.53 Å². The first-order valence-corrected chi connectivity index (χ1v) is 4.21. The van der Waals surface area contributed by atoms with Gasteiger partial charge in [-0.05, 0) is 5.56 Å². The molecule has 1 fully saturated rings. The topological polar surface area (TPSA) is 52.3 Å². The largest absolute Gasteiger partial charge is 0.446 e. The highest BCUT2D eigenvalue weighted by Crippen LogP contribution is 2.49. The lowest BCUT2D eigenvalue weighted by Crippen LogP contribution is -2.27. The maximum atomic E-state index is 10.1. The fourth-order valence-electron chi connectivity index (χ4n) is 1.57. The molecule has 1 aliphatic carbocycles. The zero-order valence-corrected chi connectivity index (χ0v) is 7.14. The van der Waals surface area contributed by atoms with E-state index in [0.29, 0.717) is 6.47 Å². The molecule has 0 spiro atoms. The van der Waals surface area contributed by atoms with E-state index >= 15 is 0 Å². The summed E-state index contributed by atoms with van der Waals surface area (Å²) in [6, 6.07) is 9.84. The second-order valence-corrected chi connectivity index (χ2v) is 3.34. The molecule has 0 heterocycles. The molecular formula is C10H11NO2. The van der Waals surface area contributed by atoms with Gasteiger partial charge in [-0.15, -0.1) is 0 Å². The molecule has 1 saturated carbocycles. The molecule has 0 aromatic heterocycles. The Kier molecular flexibility index (Phi) is 1.81. The van der Waals surface area contributed by atoms with Gasteiger partial charge in [0.15, 0.2) is 5.72 Å².